The number of primary amides is 2. The normalized spacial score (nSPS) is 9.71. The largest absolute Gasteiger partial charge is 0.501 e. The van der Waals surface area contributed by atoms with Gasteiger partial charge in [-0.3, -0.25) is 19.4 Å². The number of H-pyrrole nitrogens is 1. The lowest BCUT2D eigenvalue weighted by Crippen LogP contribution is -2.26. The molecule has 0 spiro atoms. The van der Waals surface area contributed by atoms with E-state index in [1.807, 2.05) is 4.98 Å². The molecule has 0 unspecified atom stereocenters. The van der Waals surface area contributed by atoms with Gasteiger partial charge in [-0.2, -0.15) is 0 Å². The molecule has 74 valence electrons. The molecule has 0 bridgehead atoms. The highest BCUT2D eigenvalue weighted by Crippen LogP contribution is 2.05. The minimum absolute atomic E-state index is 0.540. The summed E-state index contributed by atoms with van der Waals surface area (Å²) in [6.45, 7) is 0. The molecule has 0 saturated carbocycles. The van der Waals surface area contributed by atoms with Gasteiger partial charge in [0.05, 0.1) is 0 Å². The van der Waals surface area contributed by atoms with Crippen LogP contribution in [0.2, 0.25) is 0 Å². The van der Waals surface area contributed by atoms with Gasteiger partial charge >= 0.3 is 0 Å². The molecule has 1 aromatic heterocycles. The molecule has 2 amide bonds. The van der Waals surface area contributed by atoms with Gasteiger partial charge in [0.1, 0.15) is 0 Å². The van der Waals surface area contributed by atoms with Crippen molar-refractivity contribution >= 4 is 11.8 Å². The smallest absolute Gasteiger partial charge is 0.294 e. The van der Waals surface area contributed by atoms with Gasteiger partial charge in [-0.15, -0.1) is 0 Å². The molecule has 1 heterocycles. The van der Waals surface area contributed by atoms with E-state index >= 15 is 0 Å². The number of aromatic nitrogens is 2. The summed E-state index contributed by atoms with van der Waals surface area (Å²) in [5, 5.41) is 9.01. The molecule has 0 aliphatic heterocycles. The van der Waals surface area contributed by atoms with E-state index in [9.17, 15) is 14.4 Å². The number of carbonyl (C=O) groups excluding carboxylic acids is 2. The first-order valence-corrected chi connectivity index (χ1v) is 3.36. The minimum Gasteiger partial charge on any atom is -0.501 e. The Morgan fingerprint density at radius 3 is 2.29 bits per heavy atom. The Morgan fingerprint density at radius 2 is 1.86 bits per heavy atom. The summed E-state index contributed by atoms with van der Waals surface area (Å²) < 4.78 is 0. The first kappa shape index (κ1) is 9.71. The molecule has 0 fully saturated rings. The number of nitrogens with two attached hydrogens (primary N) is 2. The van der Waals surface area contributed by atoms with E-state index in [0.717, 1.165) is 0 Å². The van der Waals surface area contributed by atoms with E-state index < -0.39 is 34.6 Å². The molecule has 0 aliphatic carbocycles. The zero-order valence-corrected chi connectivity index (χ0v) is 6.77. The van der Waals surface area contributed by atoms with Crippen LogP contribution in [0, 0.1) is 0 Å². The Morgan fingerprint density at radius 1 is 1.29 bits per heavy atom. The molecule has 14 heavy (non-hydrogen) atoms. The van der Waals surface area contributed by atoms with Crippen LogP contribution in [0.3, 0.4) is 0 Å². The SMILES string of the molecule is NC(=O)c1nc(C(N)=O)c(O)c(=O)[nH]1. The van der Waals surface area contributed by atoms with Crippen LogP contribution in [0.25, 0.3) is 0 Å². The fraction of sp³-hybridized carbons (Fsp3) is 0. The number of aromatic hydroxyl groups is 1. The summed E-state index contributed by atoms with van der Waals surface area (Å²) in [5.41, 5.74) is 7.84. The van der Waals surface area contributed by atoms with Crippen molar-refractivity contribution in [1.29, 1.82) is 0 Å². The highest BCUT2D eigenvalue weighted by atomic mass is 16.3. The monoisotopic (exact) mass is 198 g/mol. The summed E-state index contributed by atoms with van der Waals surface area (Å²) in [7, 11) is 0. The molecule has 0 radical (unpaired) electrons. The predicted octanol–water partition coefficient (Wildman–Crippen LogP) is -2.33. The summed E-state index contributed by atoms with van der Waals surface area (Å²) in [6, 6.07) is 0. The van der Waals surface area contributed by atoms with Crippen molar-refractivity contribution in [3.05, 3.63) is 21.9 Å². The highest BCUT2D eigenvalue weighted by molar-refractivity contribution is 5.95. The van der Waals surface area contributed by atoms with Crippen LogP contribution in [0.5, 0.6) is 5.75 Å². The predicted molar refractivity (Wildman–Crippen MR) is 43.6 cm³/mol. The topological polar surface area (TPSA) is 152 Å². The third kappa shape index (κ3) is 1.53. The van der Waals surface area contributed by atoms with Gasteiger partial charge in [-0.05, 0) is 0 Å². The van der Waals surface area contributed by atoms with Gasteiger partial charge in [0.15, 0.2) is 11.5 Å². The molecule has 1 aromatic rings. The number of carbonyl (C=O) groups is 2. The van der Waals surface area contributed by atoms with Crippen LogP contribution in [0.15, 0.2) is 4.79 Å². The maximum Gasteiger partial charge on any atom is 0.294 e. The molecule has 0 saturated heterocycles. The number of aromatic amines is 1. The molecule has 1 rings (SSSR count). The van der Waals surface area contributed by atoms with Crippen LogP contribution < -0.4 is 17.0 Å². The number of hydrogen-bond acceptors (Lipinski definition) is 5. The summed E-state index contributed by atoms with van der Waals surface area (Å²) >= 11 is 0. The molecule has 0 aromatic carbocycles. The van der Waals surface area contributed by atoms with Gasteiger partial charge in [0.25, 0.3) is 17.4 Å². The van der Waals surface area contributed by atoms with E-state index in [2.05, 4.69) is 4.98 Å². The first-order chi connectivity index (χ1) is 6.43. The number of hydrogen-bond donors (Lipinski definition) is 4. The number of nitrogens with one attached hydrogen (secondary N) is 1. The lowest BCUT2D eigenvalue weighted by atomic mass is 10.3. The average Bonchev–Trinajstić information content (AvgIpc) is 2.08. The Balaban J connectivity index is 3.51. The van der Waals surface area contributed by atoms with Crippen molar-refractivity contribution < 1.29 is 14.7 Å². The standard InChI is InChI=1S/C6H6N4O4/c7-3(12)1-2(11)6(14)10-5(9-1)4(8)13/h11H,(H2,7,12)(H2,8,13)(H,9,10,14). The summed E-state index contributed by atoms with van der Waals surface area (Å²) in [6.07, 6.45) is 0. The van der Waals surface area contributed by atoms with Crippen LogP contribution in [-0.4, -0.2) is 26.9 Å². The number of nitrogens with zero attached hydrogens (tertiary/aromatic N) is 1. The highest BCUT2D eigenvalue weighted by Gasteiger charge is 2.16. The first-order valence-electron chi connectivity index (χ1n) is 3.36. The molecule has 8 heteroatoms. The maximum absolute atomic E-state index is 10.9. The summed E-state index contributed by atoms with van der Waals surface area (Å²) in [5.74, 6) is -3.65. The minimum atomic E-state index is -1.13. The van der Waals surface area contributed by atoms with Gasteiger partial charge in [-0.1, -0.05) is 0 Å². The van der Waals surface area contributed by atoms with E-state index in [-0.39, 0.29) is 0 Å². The second kappa shape index (κ2) is 3.17. The average molecular weight is 198 g/mol. The Bertz CT molecular complexity index is 463. The van der Waals surface area contributed by atoms with Crippen molar-refractivity contribution in [3.63, 3.8) is 0 Å². The zero-order valence-electron chi connectivity index (χ0n) is 6.77. The van der Waals surface area contributed by atoms with E-state index in [0.29, 0.717) is 0 Å². The molecular weight excluding hydrogens is 192 g/mol. The lowest BCUT2D eigenvalue weighted by molar-refractivity contribution is 0.0986. The van der Waals surface area contributed by atoms with E-state index in [1.165, 1.54) is 0 Å². The Labute approximate surface area is 76.6 Å². The van der Waals surface area contributed by atoms with Crippen LogP contribution in [0.1, 0.15) is 21.1 Å². The van der Waals surface area contributed by atoms with Gasteiger partial charge < -0.3 is 16.6 Å². The third-order valence-corrected chi connectivity index (χ3v) is 1.36. The Hall–Kier alpha value is -2.38. The second-order valence-electron chi connectivity index (χ2n) is 2.34. The van der Waals surface area contributed by atoms with Crippen molar-refractivity contribution in [1.82, 2.24) is 9.97 Å². The molecule has 0 aliphatic rings. The zero-order chi connectivity index (χ0) is 10.9. The van der Waals surface area contributed by atoms with Gasteiger partial charge in [-0.25, -0.2) is 4.98 Å². The number of amides is 2. The lowest BCUT2D eigenvalue weighted by Gasteiger charge is -1.99. The van der Waals surface area contributed by atoms with Crippen LogP contribution in [0.4, 0.5) is 0 Å². The van der Waals surface area contributed by atoms with Crippen LogP contribution >= 0.6 is 0 Å². The molecule has 0 atom stereocenters. The van der Waals surface area contributed by atoms with Crippen molar-refractivity contribution in [2.45, 2.75) is 0 Å². The molecular formula is C6H6N4O4. The fourth-order valence-corrected chi connectivity index (χ4v) is 0.755. The van der Waals surface area contributed by atoms with E-state index in [4.69, 9.17) is 16.6 Å². The quantitative estimate of drug-likeness (QED) is 0.420. The van der Waals surface area contributed by atoms with Crippen molar-refractivity contribution in [2.75, 3.05) is 0 Å². The van der Waals surface area contributed by atoms with E-state index in [1.54, 1.807) is 0 Å². The van der Waals surface area contributed by atoms with Gasteiger partial charge in [0.2, 0.25) is 5.75 Å². The van der Waals surface area contributed by atoms with Gasteiger partial charge in [0, 0.05) is 0 Å². The Kier molecular flexibility index (Phi) is 2.19. The molecule has 8 nitrogen and oxygen atoms in total. The maximum atomic E-state index is 10.9. The second-order valence-corrected chi connectivity index (χ2v) is 2.34. The van der Waals surface area contributed by atoms with Crippen LogP contribution in [-0.2, 0) is 0 Å². The number of rotatable bonds is 2. The molecule has 6 N–H and O–H groups in total. The summed E-state index contributed by atoms with van der Waals surface area (Å²) in [4.78, 5) is 37.3. The van der Waals surface area contributed by atoms with Crippen molar-refractivity contribution in [3.8, 4) is 5.75 Å². The van der Waals surface area contributed by atoms with Crippen molar-refractivity contribution in [2.24, 2.45) is 11.5 Å². The fourth-order valence-electron chi connectivity index (χ4n) is 0.755. The third-order valence-electron chi connectivity index (χ3n) is 1.36.